The van der Waals surface area contributed by atoms with E-state index in [1.54, 1.807) is 13.8 Å². The fraction of sp³-hybridized carbons (Fsp3) is 0.375. The molecule has 1 N–H and O–H groups in total. The van der Waals surface area contributed by atoms with E-state index >= 15 is 0 Å². The molecular formula is C8H9N3O. The van der Waals surface area contributed by atoms with Gasteiger partial charge in [0.05, 0.1) is 6.33 Å². The molecule has 12 heavy (non-hydrogen) atoms. The van der Waals surface area contributed by atoms with Crippen molar-refractivity contribution >= 4 is 5.78 Å². The van der Waals surface area contributed by atoms with Crippen LogP contribution in [0.1, 0.15) is 30.0 Å². The van der Waals surface area contributed by atoms with Gasteiger partial charge in [-0.15, -0.1) is 0 Å². The number of Topliss-reactive ketones (excluding diaryl/α,β-unsaturated/α-hetero) is 1. The highest BCUT2D eigenvalue weighted by atomic mass is 16.1. The van der Waals surface area contributed by atoms with Crippen molar-refractivity contribution in [3.63, 3.8) is 0 Å². The van der Waals surface area contributed by atoms with Crippen LogP contribution in [0.2, 0.25) is 0 Å². The summed E-state index contributed by atoms with van der Waals surface area (Å²) in [5.41, 5.74) is 0.487. The molecule has 0 amide bonds. The summed E-state index contributed by atoms with van der Waals surface area (Å²) >= 11 is 0. The summed E-state index contributed by atoms with van der Waals surface area (Å²) in [4.78, 5) is 17.7. The van der Waals surface area contributed by atoms with Crippen LogP contribution in [0.25, 0.3) is 0 Å². The van der Waals surface area contributed by atoms with Crippen molar-refractivity contribution in [3.05, 3.63) is 17.7 Å². The average Bonchev–Trinajstić information content (AvgIpc) is 2.49. The molecule has 0 aliphatic rings. The number of carbonyl (C=O) groups excluding carboxylic acids is 1. The Morgan fingerprint density at radius 3 is 2.92 bits per heavy atom. The first-order valence-electron chi connectivity index (χ1n) is 3.64. The van der Waals surface area contributed by atoms with Gasteiger partial charge in [-0.3, -0.25) is 4.79 Å². The normalized spacial score (nSPS) is 9.83. The number of imidazole rings is 1. The molecule has 0 radical (unpaired) electrons. The molecule has 0 saturated carbocycles. The highest BCUT2D eigenvalue weighted by Gasteiger charge is 2.16. The van der Waals surface area contributed by atoms with Gasteiger partial charge >= 0.3 is 0 Å². The van der Waals surface area contributed by atoms with Crippen molar-refractivity contribution in [2.24, 2.45) is 5.92 Å². The molecule has 4 heteroatoms. The van der Waals surface area contributed by atoms with E-state index in [4.69, 9.17) is 5.26 Å². The smallest absolute Gasteiger partial charge is 0.184 e. The van der Waals surface area contributed by atoms with Gasteiger partial charge in [-0.25, -0.2) is 4.98 Å². The zero-order valence-corrected chi connectivity index (χ0v) is 6.96. The van der Waals surface area contributed by atoms with E-state index < -0.39 is 0 Å². The molecule has 0 atom stereocenters. The standard InChI is InChI=1S/C8H9N3O/c1-5(2)8(12)7-6(3-9)10-4-11-7/h4-5H,1-2H3,(H,10,11). The molecule has 62 valence electrons. The quantitative estimate of drug-likeness (QED) is 0.664. The molecule has 1 aromatic rings. The SMILES string of the molecule is CC(C)C(=O)c1[nH]cnc1C#N. The minimum absolute atomic E-state index is 0.0796. The molecule has 1 aromatic heterocycles. The molecule has 1 rings (SSSR count). The molecule has 0 aliphatic carbocycles. The van der Waals surface area contributed by atoms with E-state index in [1.807, 2.05) is 6.07 Å². The molecule has 0 aromatic carbocycles. The number of nitrogens with zero attached hydrogens (tertiary/aromatic N) is 2. The Morgan fingerprint density at radius 1 is 1.75 bits per heavy atom. The Kier molecular flexibility index (Phi) is 2.24. The van der Waals surface area contributed by atoms with Crippen LogP contribution < -0.4 is 0 Å². The second-order valence-corrected chi connectivity index (χ2v) is 2.76. The van der Waals surface area contributed by atoms with Crippen LogP contribution in [0.3, 0.4) is 0 Å². The monoisotopic (exact) mass is 163 g/mol. The van der Waals surface area contributed by atoms with Gasteiger partial charge in [0.2, 0.25) is 0 Å². The number of carbonyl (C=O) groups is 1. The second-order valence-electron chi connectivity index (χ2n) is 2.76. The first-order chi connectivity index (χ1) is 5.66. The van der Waals surface area contributed by atoms with Crippen molar-refractivity contribution in [3.8, 4) is 6.07 Å². The number of hydrogen-bond donors (Lipinski definition) is 1. The summed E-state index contributed by atoms with van der Waals surface area (Å²) in [5, 5.41) is 8.55. The lowest BCUT2D eigenvalue weighted by Gasteiger charge is -1.99. The number of H-pyrrole nitrogens is 1. The van der Waals surface area contributed by atoms with E-state index in [0.29, 0.717) is 5.69 Å². The van der Waals surface area contributed by atoms with Gasteiger partial charge < -0.3 is 4.98 Å². The van der Waals surface area contributed by atoms with E-state index in [2.05, 4.69) is 9.97 Å². The Bertz CT molecular complexity index is 332. The molecule has 0 fully saturated rings. The molecule has 0 saturated heterocycles. The third kappa shape index (κ3) is 1.35. The molecule has 1 heterocycles. The highest BCUT2D eigenvalue weighted by molar-refractivity contribution is 5.97. The fourth-order valence-corrected chi connectivity index (χ4v) is 0.856. The zero-order valence-electron chi connectivity index (χ0n) is 6.96. The van der Waals surface area contributed by atoms with Gasteiger partial charge in [-0.2, -0.15) is 5.26 Å². The predicted molar refractivity (Wildman–Crippen MR) is 42.5 cm³/mol. The first kappa shape index (κ1) is 8.47. The summed E-state index contributed by atoms with van der Waals surface area (Å²) in [6, 6.07) is 1.85. The van der Waals surface area contributed by atoms with E-state index in [9.17, 15) is 4.79 Å². The number of rotatable bonds is 2. The average molecular weight is 163 g/mol. The van der Waals surface area contributed by atoms with Crippen LogP contribution >= 0.6 is 0 Å². The largest absolute Gasteiger partial charge is 0.341 e. The Balaban J connectivity index is 3.04. The summed E-state index contributed by atoms with van der Waals surface area (Å²) in [7, 11) is 0. The lowest BCUT2D eigenvalue weighted by molar-refractivity contribution is 0.0934. The van der Waals surface area contributed by atoms with Gasteiger partial charge in [0.25, 0.3) is 0 Å². The number of hydrogen-bond acceptors (Lipinski definition) is 3. The number of aromatic nitrogens is 2. The summed E-state index contributed by atoms with van der Waals surface area (Å²) in [6.45, 7) is 3.56. The van der Waals surface area contributed by atoms with Crippen molar-refractivity contribution in [2.75, 3.05) is 0 Å². The highest BCUT2D eigenvalue weighted by Crippen LogP contribution is 2.08. The van der Waals surface area contributed by atoms with Crippen molar-refractivity contribution in [1.29, 1.82) is 5.26 Å². The molecule has 0 bridgehead atoms. The van der Waals surface area contributed by atoms with Gasteiger partial charge in [0.15, 0.2) is 11.5 Å². The van der Waals surface area contributed by atoms with Crippen LogP contribution in [0.4, 0.5) is 0 Å². The minimum atomic E-state index is -0.113. The number of aromatic amines is 1. The topological polar surface area (TPSA) is 69.5 Å². The number of nitrogens with one attached hydrogen (secondary N) is 1. The third-order valence-electron chi connectivity index (χ3n) is 1.52. The first-order valence-corrected chi connectivity index (χ1v) is 3.64. The number of nitriles is 1. The van der Waals surface area contributed by atoms with Crippen LogP contribution in [0, 0.1) is 17.2 Å². The molecular weight excluding hydrogens is 154 g/mol. The maximum atomic E-state index is 11.4. The van der Waals surface area contributed by atoms with Crippen LogP contribution in [-0.4, -0.2) is 15.8 Å². The number of ketones is 1. The Hall–Kier alpha value is -1.63. The minimum Gasteiger partial charge on any atom is -0.341 e. The molecule has 0 aliphatic heterocycles. The van der Waals surface area contributed by atoms with Gasteiger partial charge in [-0.1, -0.05) is 13.8 Å². The van der Waals surface area contributed by atoms with Crippen LogP contribution in [0.5, 0.6) is 0 Å². The van der Waals surface area contributed by atoms with Crippen molar-refractivity contribution < 1.29 is 4.79 Å². The van der Waals surface area contributed by atoms with E-state index in [1.165, 1.54) is 6.33 Å². The predicted octanol–water partition coefficient (Wildman–Crippen LogP) is 1.12. The van der Waals surface area contributed by atoms with Gasteiger partial charge in [0, 0.05) is 5.92 Å². The molecule has 0 unspecified atom stereocenters. The van der Waals surface area contributed by atoms with Crippen molar-refractivity contribution in [1.82, 2.24) is 9.97 Å². The maximum Gasteiger partial charge on any atom is 0.184 e. The Morgan fingerprint density at radius 2 is 2.42 bits per heavy atom. The van der Waals surface area contributed by atoms with Crippen molar-refractivity contribution in [2.45, 2.75) is 13.8 Å². The zero-order chi connectivity index (χ0) is 9.14. The summed E-state index contributed by atoms with van der Waals surface area (Å²) in [5.74, 6) is -0.193. The fourth-order valence-electron chi connectivity index (χ4n) is 0.856. The third-order valence-corrected chi connectivity index (χ3v) is 1.52. The van der Waals surface area contributed by atoms with E-state index in [0.717, 1.165) is 0 Å². The molecule has 4 nitrogen and oxygen atoms in total. The van der Waals surface area contributed by atoms with Gasteiger partial charge in [-0.05, 0) is 0 Å². The second kappa shape index (κ2) is 3.18. The van der Waals surface area contributed by atoms with Gasteiger partial charge in [0.1, 0.15) is 11.8 Å². The lowest BCUT2D eigenvalue weighted by atomic mass is 10.1. The van der Waals surface area contributed by atoms with E-state index in [-0.39, 0.29) is 17.4 Å². The molecule has 0 spiro atoms. The van der Waals surface area contributed by atoms with Crippen LogP contribution in [-0.2, 0) is 0 Å². The summed E-state index contributed by atoms with van der Waals surface area (Å²) < 4.78 is 0. The summed E-state index contributed by atoms with van der Waals surface area (Å²) in [6.07, 6.45) is 1.36. The maximum absolute atomic E-state index is 11.4. The lowest BCUT2D eigenvalue weighted by Crippen LogP contribution is -2.09. The Labute approximate surface area is 70.2 Å². The van der Waals surface area contributed by atoms with Crippen LogP contribution in [0.15, 0.2) is 6.33 Å².